The number of hydrogen-bond acceptors (Lipinski definition) is 8. The zero-order chi connectivity index (χ0) is 26.8. The van der Waals surface area contributed by atoms with Crippen LogP contribution in [0.3, 0.4) is 0 Å². The highest BCUT2D eigenvalue weighted by molar-refractivity contribution is 7.93. The molecule has 1 heterocycles. The average Bonchev–Trinajstić information content (AvgIpc) is 3.28. The summed E-state index contributed by atoms with van der Waals surface area (Å²) in [5, 5.41) is 5.77. The predicted molar refractivity (Wildman–Crippen MR) is 144 cm³/mol. The van der Waals surface area contributed by atoms with E-state index in [2.05, 4.69) is 10.1 Å². The van der Waals surface area contributed by atoms with Gasteiger partial charge in [0, 0.05) is 22.5 Å². The van der Waals surface area contributed by atoms with E-state index >= 15 is 0 Å². The normalized spacial score (nSPS) is 12.2. The van der Waals surface area contributed by atoms with Crippen LogP contribution in [0.25, 0.3) is 22.2 Å². The minimum Gasteiger partial charge on any atom is -0.339 e. The van der Waals surface area contributed by atoms with Crippen molar-refractivity contribution in [2.75, 3.05) is 23.8 Å². The Hall–Kier alpha value is -2.46. The van der Waals surface area contributed by atoms with Crippen LogP contribution in [0.4, 0.5) is 5.69 Å². The highest BCUT2D eigenvalue weighted by Gasteiger charge is 2.35. The van der Waals surface area contributed by atoms with Crippen LogP contribution < -0.4 is 4.31 Å². The van der Waals surface area contributed by atoms with E-state index in [4.69, 9.17) is 36.8 Å². The zero-order valence-electron chi connectivity index (χ0n) is 20.2. The third-order valence-corrected chi connectivity index (χ3v) is 9.59. The van der Waals surface area contributed by atoms with E-state index in [1.165, 1.54) is 18.2 Å². The fraction of sp³-hybridized carbons (Fsp3) is 0.250. The topological polar surface area (TPSA) is 112 Å². The van der Waals surface area contributed by atoms with Crippen molar-refractivity contribution < 1.29 is 26.6 Å². The quantitative estimate of drug-likeness (QED) is 0.185. The molecule has 0 fully saturated rings. The molecule has 3 aromatic carbocycles. The maximum atomic E-state index is 13.9. The van der Waals surface area contributed by atoms with Crippen molar-refractivity contribution in [3.8, 4) is 11.4 Å². The Bertz CT molecular complexity index is 1560. The number of halogens is 2. The Morgan fingerprint density at radius 1 is 0.946 bits per heavy atom. The monoisotopic (exact) mass is 583 g/mol. The molecule has 37 heavy (non-hydrogen) atoms. The molecule has 13 heteroatoms. The van der Waals surface area contributed by atoms with Gasteiger partial charge < -0.3 is 13.6 Å². The van der Waals surface area contributed by atoms with Gasteiger partial charge in [0.1, 0.15) is 6.29 Å². The number of anilines is 1. The smallest absolute Gasteiger partial charge is 0.339 e. The first-order valence-corrected chi connectivity index (χ1v) is 15.2. The van der Waals surface area contributed by atoms with E-state index in [0.29, 0.717) is 11.7 Å². The van der Waals surface area contributed by atoms with Gasteiger partial charge in [-0.15, -0.1) is 0 Å². The fourth-order valence-electron chi connectivity index (χ4n) is 3.71. The first-order valence-electron chi connectivity index (χ1n) is 11.3. The second-order valence-electron chi connectivity index (χ2n) is 7.93. The van der Waals surface area contributed by atoms with Gasteiger partial charge in [0.25, 0.3) is 10.0 Å². The molecule has 0 aliphatic rings. The first kappa shape index (κ1) is 27.6. The number of aryl methyl sites for hydroxylation is 1. The van der Waals surface area contributed by atoms with E-state index in [9.17, 15) is 13.0 Å². The van der Waals surface area contributed by atoms with Crippen molar-refractivity contribution in [1.29, 1.82) is 0 Å². The second kappa shape index (κ2) is 11.1. The first-order chi connectivity index (χ1) is 17.5. The van der Waals surface area contributed by atoms with E-state index in [1.54, 1.807) is 45.0 Å². The molecule has 4 aromatic rings. The highest BCUT2D eigenvalue weighted by Crippen LogP contribution is 2.50. The molecule has 0 atom stereocenters. The van der Waals surface area contributed by atoms with Gasteiger partial charge in [-0.1, -0.05) is 46.6 Å². The Morgan fingerprint density at radius 2 is 1.57 bits per heavy atom. The van der Waals surface area contributed by atoms with Crippen LogP contribution in [-0.4, -0.2) is 38.1 Å². The van der Waals surface area contributed by atoms with Crippen LogP contribution in [-0.2, 0) is 23.6 Å². The Labute approximate surface area is 224 Å². The van der Waals surface area contributed by atoms with Gasteiger partial charge in [-0.25, -0.2) is 8.42 Å². The van der Waals surface area contributed by atoms with Gasteiger partial charge >= 0.3 is 7.60 Å². The summed E-state index contributed by atoms with van der Waals surface area (Å²) in [6, 6.07) is 14.5. The minimum atomic E-state index is -4.29. The van der Waals surface area contributed by atoms with Gasteiger partial charge in [-0.05, 0) is 61.0 Å². The molecule has 0 amide bonds. The summed E-state index contributed by atoms with van der Waals surface area (Å²) in [7, 11) is -8.12. The molecule has 0 saturated heterocycles. The SMILES string of the molecule is CCOP(=O)(CN(c1ccc2cc(-c3noc(C)n3)ccc2c1)S(=O)(=O)c1cc(Cl)cc(Cl)c1)OCC. The van der Waals surface area contributed by atoms with Crippen LogP contribution in [0.5, 0.6) is 0 Å². The summed E-state index contributed by atoms with van der Waals surface area (Å²) in [6.07, 6.45) is -0.549. The summed E-state index contributed by atoms with van der Waals surface area (Å²) >= 11 is 12.2. The zero-order valence-corrected chi connectivity index (χ0v) is 23.4. The van der Waals surface area contributed by atoms with Crippen molar-refractivity contribution in [1.82, 2.24) is 10.1 Å². The molecule has 0 N–H and O–H groups in total. The van der Waals surface area contributed by atoms with E-state index < -0.39 is 23.9 Å². The Balaban J connectivity index is 1.83. The number of rotatable bonds is 10. The summed E-state index contributed by atoms with van der Waals surface area (Å²) in [5.74, 6) is 0.889. The maximum absolute atomic E-state index is 13.9. The molecule has 0 radical (unpaired) electrons. The number of hydrogen-bond donors (Lipinski definition) is 0. The fourth-order valence-corrected chi connectivity index (χ4v) is 8.10. The van der Waals surface area contributed by atoms with Crippen LogP contribution >= 0.6 is 30.8 Å². The summed E-state index contributed by atoms with van der Waals surface area (Å²) in [4.78, 5) is 4.08. The molecule has 9 nitrogen and oxygen atoms in total. The van der Waals surface area contributed by atoms with E-state index in [-0.39, 0.29) is 33.8 Å². The molecule has 196 valence electrons. The van der Waals surface area contributed by atoms with Gasteiger partial charge in [-0.2, -0.15) is 4.98 Å². The van der Waals surface area contributed by atoms with Gasteiger partial charge in [0.2, 0.25) is 11.7 Å². The number of benzene rings is 3. The Morgan fingerprint density at radius 3 is 2.16 bits per heavy atom. The number of nitrogens with zero attached hydrogens (tertiary/aromatic N) is 3. The lowest BCUT2D eigenvalue weighted by Crippen LogP contribution is -2.33. The number of aromatic nitrogens is 2. The predicted octanol–water partition coefficient (Wildman–Crippen LogP) is 6.92. The highest BCUT2D eigenvalue weighted by atomic mass is 35.5. The lowest BCUT2D eigenvalue weighted by molar-refractivity contribution is 0.221. The van der Waals surface area contributed by atoms with Crippen LogP contribution in [0.15, 0.2) is 64.0 Å². The molecule has 0 bridgehead atoms. The largest absolute Gasteiger partial charge is 0.350 e. The average molecular weight is 584 g/mol. The molecule has 0 aliphatic heterocycles. The van der Waals surface area contributed by atoms with Gasteiger partial charge in [-0.3, -0.25) is 8.87 Å². The summed E-state index contributed by atoms with van der Waals surface area (Å²) in [6.45, 7) is 5.16. The molecule has 4 rings (SSSR count). The van der Waals surface area contributed by atoms with Crippen molar-refractivity contribution in [3.05, 3.63) is 70.5 Å². The lowest BCUT2D eigenvalue weighted by atomic mass is 10.1. The minimum absolute atomic E-state index is 0.0736. The molecule has 0 spiro atoms. The third-order valence-electron chi connectivity index (χ3n) is 5.27. The molecule has 0 unspecified atom stereocenters. The number of sulfonamides is 1. The van der Waals surface area contributed by atoms with Crippen LogP contribution in [0, 0.1) is 6.92 Å². The standard InChI is InChI=1S/C24H24Cl2N3O6PS/c1-4-33-36(30,34-5-2)15-29(37(31,32)23-13-20(25)12-21(26)14-23)22-9-8-17-10-19(7-6-18(17)11-22)24-27-16(3)35-28-24/h6-14H,4-5,15H2,1-3H3. The molecular weight excluding hydrogens is 560 g/mol. The summed E-state index contributed by atoms with van der Waals surface area (Å²) in [5.41, 5.74) is 0.999. The van der Waals surface area contributed by atoms with Crippen molar-refractivity contribution >= 4 is 57.3 Å². The number of fused-ring (bicyclic) bond motifs is 1. The van der Waals surface area contributed by atoms with Crippen LogP contribution in [0.1, 0.15) is 19.7 Å². The summed E-state index contributed by atoms with van der Waals surface area (Å²) < 4.78 is 58.0. The van der Waals surface area contributed by atoms with Crippen molar-refractivity contribution in [2.24, 2.45) is 0 Å². The Kier molecular flexibility index (Phi) is 8.28. The van der Waals surface area contributed by atoms with Crippen molar-refractivity contribution in [2.45, 2.75) is 25.7 Å². The maximum Gasteiger partial charge on any atom is 0.350 e. The van der Waals surface area contributed by atoms with E-state index in [0.717, 1.165) is 20.6 Å². The van der Waals surface area contributed by atoms with Crippen LogP contribution in [0.2, 0.25) is 10.0 Å². The lowest BCUT2D eigenvalue weighted by Gasteiger charge is -2.28. The van der Waals surface area contributed by atoms with E-state index in [1.807, 2.05) is 12.1 Å². The second-order valence-corrected chi connectivity index (χ2v) is 12.7. The van der Waals surface area contributed by atoms with Crippen molar-refractivity contribution in [3.63, 3.8) is 0 Å². The molecular formula is C24H24Cl2N3O6PS. The third kappa shape index (κ3) is 6.17. The van der Waals surface area contributed by atoms with Gasteiger partial charge in [0.05, 0.1) is 23.8 Å². The molecule has 0 saturated carbocycles. The molecule has 1 aromatic heterocycles. The van der Waals surface area contributed by atoms with Gasteiger partial charge in [0.15, 0.2) is 0 Å². The molecule has 0 aliphatic carbocycles.